The van der Waals surface area contributed by atoms with Crippen molar-refractivity contribution in [3.8, 4) is 0 Å². The third-order valence-corrected chi connectivity index (χ3v) is 5.03. The SMILES string of the molecule is C=C(C)CC(P(=O)(O)O)P(=O)(O)O. The Hall–Kier alpha value is 0.0400. The number of allylic oxidation sites excluding steroid dienone is 1. The Morgan fingerprint density at radius 2 is 1.54 bits per heavy atom. The molecule has 0 aliphatic rings. The van der Waals surface area contributed by atoms with Crippen molar-refractivity contribution in [1.82, 2.24) is 0 Å². The molecule has 0 amide bonds. The molecule has 0 atom stereocenters. The lowest BCUT2D eigenvalue weighted by Gasteiger charge is -2.19. The van der Waals surface area contributed by atoms with Gasteiger partial charge in [-0.05, 0) is 13.3 Å². The highest BCUT2D eigenvalue weighted by Crippen LogP contribution is 2.61. The van der Waals surface area contributed by atoms with Gasteiger partial charge in [0.1, 0.15) is 0 Å². The summed E-state index contributed by atoms with van der Waals surface area (Å²) in [6.07, 6.45) is -0.380. The van der Waals surface area contributed by atoms with Crippen molar-refractivity contribution in [1.29, 1.82) is 0 Å². The van der Waals surface area contributed by atoms with E-state index in [0.29, 0.717) is 5.57 Å². The van der Waals surface area contributed by atoms with E-state index < -0.39 is 20.6 Å². The number of hydrogen-bond donors (Lipinski definition) is 4. The van der Waals surface area contributed by atoms with Crippen molar-refractivity contribution in [3.05, 3.63) is 12.2 Å². The molecule has 0 saturated heterocycles. The van der Waals surface area contributed by atoms with E-state index in [1.165, 1.54) is 6.92 Å². The average molecular weight is 230 g/mol. The minimum absolute atomic E-state index is 0.316. The zero-order valence-electron chi connectivity index (χ0n) is 6.99. The fraction of sp³-hybridized carbons (Fsp3) is 0.600. The third-order valence-electron chi connectivity index (χ3n) is 1.31. The molecule has 0 bridgehead atoms. The monoisotopic (exact) mass is 230 g/mol. The molecule has 0 saturated carbocycles. The Bertz CT molecular complexity index is 263. The maximum absolute atomic E-state index is 10.7. The molecule has 0 unspecified atom stereocenters. The van der Waals surface area contributed by atoms with Crippen LogP contribution in [0.2, 0.25) is 0 Å². The third kappa shape index (κ3) is 4.72. The van der Waals surface area contributed by atoms with Gasteiger partial charge in [0.2, 0.25) is 0 Å². The van der Waals surface area contributed by atoms with Gasteiger partial charge in [-0.2, -0.15) is 0 Å². The Morgan fingerprint density at radius 1 is 1.23 bits per heavy atom. The molecular formula is C5H12O6P2. The van der Waals surface area contributed by atoms with Crippen LogP contribution in [0, 0.1) is 0 Å². The summed E-state index contributed by atoms with van der Waals surface area (Å²) in [6.45, 7) is 4.78. The molecule has 0 spiro atoms. The first kappa shape index (κ1) is 13.0. The molecular weight excluding hydrogens is 218 g/mol. The maximum atomic E-state index is 10.7. The smallest absolute Gasteiger partial charge is 0.324 e. The van der Waals surface area contributed by atoms with Crippen molar-refractivity contribution < 1.29 is 28.7 Å². The predicted octanol–water partition coefficient (Wildman–Crippen LogP) is 0.634. The molecule has 0 aliphatic heterocycles. The molecule has 13 heavy (non-hydrogen) atoms. The molecule has 0 aliphatic carbocycles. The van der Waals surface area contributed by atoms with Crippen molar-refractivity contribution in [2.75, 3.05) is 0 Å². The van der Waals surface area contributed by atoms with Gasteiger partial charge in [-0.3, -0.25) is 9.13 Å². The van der Waals surface area contributed by atoms with E-state index >= 15 is 0 Å². The van der Waals surface area contributed by atoms with Crippen molar-refractivity contribution >= 4 is 15.2 Å². The zero-order chi connectivity index (χ0) is 10.9. The van der Waals surface area contributed by atoms with Gasteiger partial charge in [0.25, 0.3) is 0 Å². The zero-order valence-corrected chi connectivity index (χ0v) is 8.78. The van der Waals surface area contributed by atoms with Gasteiger partial charge in [-0.15, -0.1) is 6.58 Å². The van der Waals surface area contributed by atoms with Crippen LogP contribution in [0.15, 0.2) is 12.2 Å². The summed E-state index contributed by atoms with van der Waals surface area (Å²) in [6, 6.07) is 0. The maximum Gasteiger partial charge on any atom is 0.341 e. The second kappa shape index (κ2) is 4.05. The van der Waals surface area contributed by atoms with Crippen LogP contribution in [-0.4, -0.2) is 25.0 Å². The van der Waals surface area contributed by atoms with Gasteiger partial charge in [-0.1, -0.05) is 5.57 Å². The first-order valence-electron chi connectivity index (χ1n) is 3.30. The van der Waals surface area contributed by atoms with Crippen molar-refractivity contribution in [2.45, 2.75) is 18.7 Å². The van der Waals surface area contributed by atoms with Crippen LogP contribution in [-0.2, 0) is 9.13 Å². The second-order valence-corrected chi connectivity index (χ2v) is 6.83. The highest BCUT2D eigenvalue weighted by atomic mass is 31.2. The van der Waals surface area contributed by atoms with Gasteiger partial charge in [0.15, 0.2) is 5.40 Å². The van der Waals surface area contributed by atoms with E-state index in [-0.39, 0.29) is 6.42 Å². The Labute approximate surface area is 75.6 Å². The molecule has 0 radical (unpaired) electrons. The molecule has 8 heteroatoms. The lowest BCUT2D eigenvalue weighted by molar-refractivity contribution is 0.338. The van der Waals surface area contributed by atoms with Crippen molar-refractivity contribution in [3.63, 3.8) is 0 Å². The minimum atomic E-state index is -4.78. The lowest BCUT2D eigenvalue weighted by Crippen LogP contribution is -2.09. The lowest BCUT2D eigenvalue weighted by atomic mass is 10.3. The van der Waals surface area contributed by atoms with Gasteiger partial charge in [0.05, 0.1) is 0 Å². The van der Waals surface area contributed by atoms with E-state index in [0.717, 1.165) is 0 Å². The van der Waals surface area contributed by atoms with Gasteiger partial charge in [0, 0.05) is 0 Å². The quantitative estimate of drug-likeness (QED) is 0.416. The molecule has 6 nitrogen and oxygen atoms in total. The summed E-state index contributed by atoms with van der Waals surface area (Å²) in [5.74, 6) is 0. The Kier molecular flexibility index (Phi) is 4.06. The summed E-state index contributed by atoms with van der Waals surface area (Å²) in [7, 11) is -9.55. The molecule has 78 valence electrons. The average Bonchev–Trinajstić information content (AvgIpc) is 1.77. The summed E-state index contributed by atoms with van der Waals surface area (Å²) in [4.78, 5) is 34.6. The number of rotatable bonds is 4. The largest absolute Gasteiger partial charge is 0.341 e. The van der Waals surface area contributed by atoms with Gasteiger partial charge in [-0.25, -0.2) is 0 Å². The normalized spacial score (nSPS) is 13.4. The Balaban J connectivity index is 4.90. The molecule has 0 fully saturated rings. The highest BCUT2D eigenvalue weighted by molar-refractivity contribution is 7.70. The van der Waals surface area contributed by atoms with Crippen LogP contribution in [0.25, 0.3) is 0 Å². The standard InChI is InChI=1S/C5H12O6P2/c1-4(2)3-5(12(6,7)8)13(9,10)11/h5H,1,3H2,2H3,(H2,6,7,8)(H2,9,10,11). The fourth-order valence-corrected chi connectivity index (χ4v) is 3.41. The van der Waals surface area contributed by atoms with Gasteiger partial charge >= 0.3 is 15.2 Å². The second-order valence-electron chi connectivity index (χ2n) is 2.82. The molecule has 0 aromatic carbocycles. The first-order valence-corrected chi connectivity index (χ1v) is 6.66. The molecule has 0 rings (SSSR count). The summed E-state index contributed by atoms with van der Waals surface area (Å²) in [5, 5.41) is -1.96. The molecule has 0 heterocycles. The van der Waals surface area contributed by atoms with E-state index in [4.69, 9.17) is 19.6 Å². The van der Waals surface area contributed by atoms with Crippen LogP contribution in [0.3, 0.4) is 0 Å². The first-order chi connectivity index (χ1) is 5.55. The van der Waals surface area contributed by atoms with E-state index in [2.05, 4.69) is 6.58 Å². The molecule has 4 N–H and O–H groups in total. The fourth-order valence-electron chi connectivity index (χ4n) is 0.745. The summed E-state index contributed by atoms with van der Waals surface area (Å²) in [5.41, 5.74) is 0.316. The van der Waals surface area contributed by atoms with Crippen LogP contribution >= 0.6 is 15.2 Å². The van der Waals surface area contributed by atoms with Crippen molar-refractivity contribution in [2.24, 2.45) is 0 Å². The van der Waals surface area contributed by atoms with Crippen LogP contribution < -0.4 is 0 Å². The summed E-state index contributed by atoms with van der Waals surface area (Å²) >= 11 is 0. The molecule has 0 aromatic rings. The van der Waals surface area contributed by atoms with E-state index in [9.17, 15) is 9.13 Å². The molecule has 0 aromatic heterocycles. The van der Waals surface area contributed by atoms with E-state index in [1.54, 1.807) is 0 Å². The number of hydrogen-bond acceptors (Lipinski definition) is 2. The van der Waals surface area contributed by atoms with Crippen LogP contribution in [0.5, 0.6) is 0 Å². The van der Waals surface area contributed by atoms with Crippen LogP contribution in [0.4, 0.5) is 0 Å². The summed E-state index contributed by atoms with van der Waals surface area (Å²) < 4.78 is 21.3. The minimum Gasteiger partial charge on any atom is -0.324 e. The predicted molar refractivity (Wildman–Crippen MR) is 47.3 cm³/mol. The van der Waals surface area contributed by atoms with Gasteiger partial charge < -0.3 is 19.6 Å². The topological polar surface area (TPSA) is 115 Å². The van der Waals surface area contributed by atoms with Crippen LogP contribution in [0.1, 0.15) is 13.3 Å². The highest BCUT2D eigenvalue weighted by Gasteiger charge is 2.42. The van der Waals surface area contributed by atoms with E-state index in [1.807, 2.05) is 0 Å². The Morgan fingerprint density at radius 3 is 1.62 bits per heavy atom.